The van der Waals surface area contributed by atoms with E-state index in [-0.39, 0.29) is 23.1 Å². The monoisotopic (exact) mass is 421 g/mol. The van der Waals surface area contributed by atoms with Crippen LogP contribution >= 0.6 is 0 Å². The largest absolute Gasteiger partial charge is 0.319 e. The Bertz CT molecular complexity index is 1400. The number of aromatic nitrogens is 1. The highest BCUT2D eigenvalue weighted by atomic mass is 19.1. The van der Waals surface area contributed by atoms with Gasteiger partial charge in [-0.2, -0.15) is 5.26 Å². The van der Waals surface area contributed by atoms with E-state index in [9.17, 15) is 9.18 Å². The number of nitriles is 1. The van der Waals surface area contributed by atoms with Crippen molar-refractivity contribution in [3.63, 3.8) is 0 Å². The van der Waals surface area contributed by atoms with Gasteiger partial charge in [0.15, 0.2) is 0 Å². The van der Waals surface area contributed by atoms with Crippen LogP contribution in [0.1, 0.15) is 45.8 Å². The summed E-state index contributed by atoms with van der Waals surface area (Å²) in [5.41, 5.74) is 5.22. The summed E-state index contributed by atoms with van der Waals surface area (Å²) in [5.74, 6) is -0.761. The molecule has 0 atom stereocenters. The van der Waals surface area contributed by atoms with Crippen molar-refractivity contribution in [1.29, 1.82) is 5.26 Å². The van der Waals surface area contributed by atoms with Crippen LogP contribution in [0.4, 0.5) is 10.1 Å². The van der Waals surface area contributed by atoms with E-state index >= 15 is 0 Å². The molecule has 0 bridgehead atoms. The third-order valence-electron chi connectivity index (χ3n) is 5.78. The average molecular weight is 421 g/mol. The fourth-order valence-corrected chi connectivity index (χ4v) is 4.09. The topological polar surface area (TPSA) is 65.8 Å². The summed E-state index contributed by atoms with van der Waals surface area (Å²) in [6.45, 7) is 1.98. The van der Waals surface area contributed by atoms with Gasteiger partial charge in [-0.25, -0.2) is 9.37 Å². The lowest BCUT2D eigenvalue weighted by atomic mass is 9.92. The normalized spacial score (nSPS) is 13.0. The van der Waals surface area contributed by atoms with E-state index in [0.717, 1.165) is 52.2 Å². The van der Waals surface area contributed by atoms with Crippen LogP contribution in [0.2, 0.25) is 0 Å². The summed E-state index contributed by atoms with van der Waals surface area (Å²) in [7, 11) is 0. The number of nitrogens with one attached hydrogen (secondary N) is 1. The van der Waals surface area contributed by atoms with Crippen molar-refractivity contribution in [1.82, 2.24) is 4.98 Å². The highest BCUT2D eigenvalue weighted by molar-refractivity contribution is 6.15. The first kappa shape index (κ1) is 19.9. The van der Waals surface area contributed by atoms with Crippen molar-refractivity contribution in [3.05, 3.63) is 94.8 Å². The molecule has 5 rings (SSSR count). The predicted octanol–water partition coefficient (Wildman–Crippen LogP) is 6.35. The number of carbonyl (C=O) groups is 1. The lowest BCUT2D eigenvalue weighted by Gasteiger charge is -2.18. The van der Waals surface area contributed by atoms with Gasteiger partial charge in [0.05, 0.1) is 34.1 Å². The van der Waals surface area contributed by atoms with Gasteiger partial charge in [-0.3, -0.25) is 4.79 Å². The molecule has 32 heavy (non-hydrogen) atoms. The average Bonchev–Trinajstić information content (AvgIpc) is 3.65. The predicted molar refractivity (Wildman–Crippen MR) is 123 cm³/mol. The van der Waals surface area contributed by atoms with Crippen LogP contribution in [0.25, 0.3) is 22.2 Å². The Morgan fingerprint density at radius 3 is 2.56 bits per heavy atom. The summed E-state index contributed by atoms with van der Waals surface area (Å²) in [6, 6.07) is 21.7. The van der Waals surface area contributed by atoms with E-state index in [2.05, 4.69) is 5.32 Å². The van der Waals surface area contributed by atoms with Gasteiger partial charge < -0.3 is 5.32 Å². The van der Waals surface area contributed by atoms with Gasteiger partial charge in [-0.05, 0) is 61.6 Å². The number of fused-ring (bicyclic) bond motifs is 1. The van der Waals surface area contributed by atoms with Gasteiger partial charge in [-0.15, -0.1) is 0 Å². The van der Waals surface area contributed by atoms with E-state index in [1.165, 1.54) is 12.1 Å². The molecule has 1 aromatic heterocycles. The zero-order valence-corrected chi connectivity index (χ0v) is 17.5. The fraction of sp³-hybridized carbons (Fsp3) is 0.148. The maximum absolute atomic E-state index is 14.5. The first-order valence-corrected chi connectivity index (χ1v) is 10.6. The number of halogens is 1. The molecule has 0 radical (unpaired) electrons. The second-order valence-corrected chi connectivity index (χ2v) is 8.17. The Hall–Kier alpha value is -4.04. The maximum Gasteiger partial charge on any atom is 0.256 e. The molecular formula is C27H20FN3O. The van der Waals surface area contributed by atoms with Gasteiger partial charge in [0.1, 0.15) is 5.82 Å². The molecular weight excluding hydrogens is 401 g/mol. The van der Waals surface area contributed by atoms with E-state index in [0.29, 0.717) is 5.56 Å². The number of aryl methyl sites for hydroxylation is 1. The Balaban J connectivity index is 1.72. The Kier molecular flexibility index (Phi) is 4.91. The third-order valence-corrected chi connectivity index (χ3v) is 5.78. The number of anilines is 1. The minimum absolute atomic E-state index is 0.0506. The zero-order chi connectivity index (χ0) is 22.2. The van der Waals surface area contributed by atoms with E-state index in [1.54, 1.807) is 0 Å². The Labute approximate surface area is 185 Å². The van der Waals surface area contributed by atoms with Crippen LogP contribution in [0.3, 0.4) is 0 Å². The Morgan fingerprint density at radius 1 is 1.09 bits per heavy atom. The first-order chi connectivity index (χ1) is 15.5. The minimum atomic E-state index is -0.636. The highest BCUT2D eigenvalue weighted by Crippen LogP contribution is 2.47. The number of carbonyl (C=O) groups excluding carboxylic acids is 1. The molecule has 1 N–H and O–H groups in total. The quantitative estimate of drug-likeness (QED) is 0.417. The highest BCUT2D eigenvalue weighted by Gasteiger charge is 2.33. The molecule has 0 unspecified atom stereocenters. The lowest BCUT2D eigenvalue weighted by Crippen LogP contribution is -2.17. The Morgan fingerprint density at radius 2 is 1.88 bits per heavy atom. The van der Waals surface area contributed by atoms with Crippen LogP contribution in [-0.2, 0) is 0 Å². The molecule has 0 saturated heterocycles. The molecule has 0 spiro atoms. The van der Waals surface area contributed by atoms with Crippen LogP contribution in [0.5, 0.6) is 0 Å². The number of hydrogen-bond acceptors (Lipinski definition) is 3. The second kappa shape index (κ2) is 7.90. The van der Waals surface area contributed by atoms with Crippen molar-refractivity contribution in [2.75, 3.05) is 5.32 Å². The third kappa shape index (κ3) is 3.61. The molecule has 1 amide bonds. The van der Waals surface area contributed by atoms with Crippen LogP contribution in [0, 0.1) is 24.1 Å². The van der Waals surface area contributed by atoms with Crippen molar-refractivity contribution in [2.45, 2.75) is 25.7 Å². The second-order valence-electron chi connectivity index (χ2n) is 8.17. The number of nitrogens with zero attached hydrogens (tertiary/aromatic N) is 2. The summed E-state index contributed by atoms with van der Waals surface area (Å²) in [5, 5.41) is 12.5. The van der Waals surface area contributed by atoms with Gasteiger partial charge in [0.25, 0.3) is 5.91 Å². The molecule has 4 nitrogen and oxygen atoms in total. The van der Waals surface area contributed by atoms with E-state index in [1.807, 2.05) is 61.5 Å². The molecule has 1 heterocycles. The molecule has 0 aliphatic heterocycles. The van der Waals surface area contributed by atoms with Crippen LogP contribution in [0.15, 0.2) is 66.7 Å². The number of amides is 1. The fourth-order valence-electron chi connectivity index (χ4n) is 4.09. The van der Waals surface area contributed by atoms with Crippen LogP contribution in [-0.4, -0.2) is 10.9 Å². The van der Waals surface area contributed by atoms with E-state index < -0.39 is 5.82 Å². The van der Waals surface area contributed by atoms with Crippen molar-refractivity contribution in [3.8, 4) is 17.3 Å². The molecule has 3 aromatic carbocycles. The lowest BCUT2D eigenvalue weighted by molar-refractivity contribution is 0.102. The summed E-state index contributed by atoms with van der Waals surface area (Å²) in [6.07, 6.45) is 1.98. The smallest absolute Gasteiger partial charge is 0.256 e. The zero-order valence-electron chi connectivity index (χ0n) is 17.5. The van der Waals surface area contributed by atoms with Gasteiger partial charge in [0.2, 0.25) is 0 Å². The molecule has 156 valence electrons. The molecule has 5 heteroatoms. The SMILES string of the molecule is Cc1ccc2nc(-c3ccccc3)c(C3CC3)c(C(=O)Nc3ccc(C#N)cc3F)c2c1. The maximum atomic E-state index is 14.5. The number of pyridine rings is 1. The van der Waals surface area contributed by atoms with Gasteiger partial charge >= 0.3 is 0 Å². The van der Waals surface area contributed by atoms with Crippen molar-refractivity contribution < 1.29 is 9.18 Å². The standard InChI is InChI=1S/C27H20FN3O/c1-16-7-11-22-20(13-16)25(27(32)31-23-12-8-17(15-29)14-21(23)28)24(18-9-10-18)26(30-22)19-5-3-2-4-6-19/h2-8,11-14,18H,9-10H2,1H3,(H,31,32). The molecule has 1 fully saturated rings. The van der Waals surface area contributed by atoms with Gasteiger partial charge in [-0.1, -0.05) is 42.0 Å². The van der Waals surface area contributed by atoms with E-state index in [4.69, 9.17) is 10.2 Å². The van der Waals surface area contributed by atoms with Crippen molar-refractivity contribution in [2.24, 2.45) is 0 Å². The number of hydrogen-bond donors (Lipinski definition) is 1. The van der Waals surface area contributed by atoms with Crippen molar-refractivity contribution >= 4 is 22.5 Å². The molecule has 1 aliphatic carbocycles. The first-order valence-electron chi connectivity index (χ1n) is 10.6. The molecule has 4 aromatic rings. The summed E-state index contributed by atoms with van der Waals surface area (Å²) < 4.78 is 14.5. The number of benzene rings is 3. The van der Waals surface area contributed by atoms with Gasteiger partial charge in [0, 0.05) is 10.9 Å². The minimum Gasteiger partial charge on any atom is -0.319 e. The summed E-state index contributed by atoms with van der Waals surface area (Å²) in [4.78, 5) is 18.6. The summed E-state index contributed by atoms with van der Waals surface area (Å²) >= 11 is 0. The van der Waals surface area contributed by atoms with Crippen LogP contribution < -0.4 is 5.32 Å². The molecule has 1 aliphatic rings. The molecule has 1 saturated carbocycles. The number of rotatable bonds is 4.